The molecule has 1 aromatic carbocycles. The van der Waals surface area contributed by atoms with E-state index in [1.165, 1.54) is 5.56 Å². The highest BCUT2D eigenvalue weighted by atomic mass is 16.3. The molecule has 102 valence electrons. The van der Waals surface area contributed by atoms with Gasteiger partial charge in [0.25, 0.3) is 0 Å². The fourth-order valence-corrected chi connectivity index (χ4v) is 2.06. The number of benzene rings is 1. The lowest BCUT2D eigenvalue weighted by Crippen LogP contribution is -2.05. The van der Waals surface area contributed by atoms with Crippen LogP contribution in [0.5, 0.6) is 0 Å². The van der Waals surface area contributed by atoms with Crippen molar-refractivity contribution < 1.29 is 4.42 Å². The number of nitrogens with one attached hydrogen (secondary N) is 1. The molecule has 0 aliphatic rings. The highest BCUT2D eigenvalue weighted by molar-refractivity contribution is 5.46. The van der Waals surface area contributed by atoms with Gasteiger partial charge in [-0.05, 0) is 30.7 Å². The first kappa shape index (κ1) is 12.5. The van der Waals surface area contributed by atoms with Gasteiger partial charge in [-0.3, -0.25) is 0 Å². The van der Waals surface area contributed by atoms with Crippen LogP contribution in [0, 0.1) is 0 Å². The van der Waals surface area contributed by atoms with Crippen molar-refractivity contribution in [3.05, 3.63) is 66.6 Å². The summed E-state index contributed by atoms with van der Waals surface area (Å²) in [5.41, 5.74) is 3.41. The topological polar surface area (TPSA) is 55.9 Å². The molecule has 0 saturated carbocycles. The first-order valence-corrected chi connectivity index (χ1v) is 6.51. The van der Waals surface area contributed by atoms with Gasteiger partial charge in [-0.25, -0.2) is 9.67 Å². The number of hydrogen-bond acceptors (Lipinski definition) is 4. The van der Waals surface area contributed by atoms with Crippen LogP contribution in [0.25, 0.3) is 0 Å². The minimum Gasteiger partial charge on any atom is -0.472 e. The third-order valence-electron chi connectivity index (χ3n) is 3.19. The maximum atomic E-state index is 5.10. The normalized spacial score (nSPS) is 12.2. The predicted octanol–water partition coefficient (Wildman–Crippen LogP) is 3.09. The molecule has 3 aromatic rings. The lowest BCUT2D eigenvalue weighted by Gasteiger charge is -2.14. The Bertz CT molecular complexity index is 629. The molecule has 0 aliphatic carbocycles. The summed E-state index contributed by atoms with van der Waals surface area (Å²) in [6.45, 7) is 2.84. The molecule has 2 aromatic heterocycles. The third-order valence-corrected chi connectivity index (χ3v) is 3.19. The summed E-state index contributed by atoms with van der Waals surface area (Å²) in [6, 6.07) is 10.5. The van der Waals surface area contributed by atoms with Gasteiger partial charge in [0.05, 0.1) is 25.1 Å². The van der Waals surface area contributed by atoms with Crippen LogP contribution >= 0.6 is 0 Å². The summed E-state index contributed by atoms with van der Waals surface area (Å²) in [4.78, 5) is 3.93. The summed E-state index contributed by atoms with van der Waals surface area (Å²) in [5, 5.41) is 7.53. The molecule has 1 unspecified atom stereocenters. The molecule has 5 heteroatoms. The number of furan rings is 1. The standard InChI is InChI=1S/C15H16N4O/c1-12(14-6-7-20-9-14)18-15-4-2-13(3-5-15)8-19-11-16-10-17-19/h2-7,9-12,18H,8H2,1H3. The second kappa shape index (κ2) is 5.61. The molecule has 0 saturated heterocycles. The maximum absolute atomic E-state index is 5.10. The zero-order chi connectivity index (χ0) is 13.8. The van der Waals surface area contributed by atoms with E-state index in [2.05, 4.69) is 46.6 Å². The van der Waals surface area contributed by atoms with Gasteiger partial charge in [0.1, 0.15) is 12.7 Å². The number of anilines is 1. The van der Waals surface area contributed by atoms with E-state index in [1.54, 1.807) is 29.9 Å². The summed E-state index contributed by atoms with van der Waals surface area (Å²) < 4.78 is 6.90. The van der Waals surface area contributed by atoms with Crippen LogP contribution in [0.2, 0.25) is 0 Å². The van der Waals surface area contributed by atoms with E-state index >= 15 is 0 Å². The number of aromatic nitrogens is 3. The zero-order valence-electron chi connectivity index (χ0n) is 11.2. The van der Waals surface area contributed by atoms with Gasteiger partial charge < -0.3 is 9.73 Å². The Kier molecular flexibility index (Phi) is 3.50. The Hall–Kier alpha value is -2.56. The van der Waals surface area contributed by atoms with Crippen molar-refractivity contribution in [2.24, 2.45) is 0 Å². The van der Waals surface area contributed by atoms with Crippen LogP contribution in [0.15, 0.2) is 59.9 Å². The second-order valence-corrected chi connectivity index (χ2v) is 4.71. The van der Waals surface area contributed by atoms with Gasteiger partial charge >= 0.3 is 0 Å². The van der Waals surface area contributed by atoms with Gasteiger partial charge in [-0.15, -0.1) is 0 Å². The van der Waals surface area contributed by atoms with E-state index in [4.69, 9.17) is 4.42 Å². The first-order chi connectivity index (χ1) is 9.81. The largest absolute Gasteiger partial charge is 0.472 e. The zero-order valence-corrected chi connectivity index (χ0v) is 11.2. The van der Waals surface area contributed by atoms with Crippen LogP contribution < -0.4 is 5.32 Å². The molecule has 0 amide bonds. The molecule has 3 rings (SSSR count). The van der Waals surface area contributed by atoms with E-state index in [9.17, 15) is 0 Å². The Morgan fingerprint density at radius 1 is 1.25 bits per heavy atom. The third kappa shape index (κ3) is 2.88. The molecule has 1 atom stereocenters. The predicted molar refractivity (Wildman–Crippen MR) is 76.3 cm³/mol. The number of hydrogen-bond donors (Lipinski definition) is 1. The van der Waals surface area contributed by atoms with Gasteiger partial charge in [0.15, 0.2) is 0 Å². The van der Waals surface area contributed by atoms with Crippen molar-refractivity contribution in [1.82, 2.24) is 14.8 Å². The van der Waals surface area contributed by atoms with E-state index in [1.807, 2.05) is 6.07 Å². The summed E-state index contributed by atoms with van der Waals surface area (Å²) in [5.74, 6) is 0. The summed E-state index contributed by atoms with van der Waals surface area (Å²) >= 11 is 0. The van der Waals surface area contributed by atoms with Crippen molar-refractivity contribution in [1.29, 1.82) is 0 Å². The van der Waals surface area contributed by atoms with Gasteiger partial charge in [0, 0.05) is 11.3 Å². The lowest BCUT2D eigenvalue weighted by atomic mass is 10.1. The van der Waals surface area contributed by atoms with Crippen molar-refractivity contribution in [2.45, 2.75) is 19.5 Å². The monoisotopic (exact) mass is 268 g/mol. The molecule has 2 heterocycles. The van der Waals surface area contributed by atoms with Crippen LogP contribution in [-0.4, -0.2) is 14.8 Å². The highest BCUT2D eigenvalue weighted by Gasteiger charge is 2.06. The first-order valence-electron chi connectivity index (χ1n) is 6.51. The van der Waals surface area contributed by atoms with Crippen LogP contribution in [-0.2, 0) is 6.54 Å². The summed E-state index contributed by atoms with van der Waals surface area (Å²) in [6.07, 6.45) is 6.71. The molecule has 0 spiro atoms. The van der Waals surface area contributed by atoms with E-state index in [0.717, 1.165) is 17.8 Å². The molecular formula is C15H16N4O. The van der Waals surface area contributed by atoms with Crippen molar-refractivity contribution in [2.75, 3.05) is 5.32 Å². The SMILES string of the molecule is CC(Nc1ccc(Cn2cncn2)cc1)c1ccoc1. The van der Waals surface area contributed by atoms with Crippen molar-refractivity contribution in [3.63, 3.8) is 0 Å². The molecule has 0 radical (unpaired) electrons. The fourth-order valence-electron chi connectivity index (χ4n) is 2.06. The number of rotatable bonds is 5. The second-order valence-electron chi connectivity index (χ2n) is 4.71. The molecule has 0 aliphatic heterocycles. The van der Waals surface area contributed by atoms with Gasteiger partial charge in [-0.1, -0.05) is 12.1 Å². The van der Waals surface area contributed by atoms with Crippen LogP contribution in [0.4, 0.5) is 5.69 Å². The molecule has 1 N–H and O–H groups in total. The highest BCUT2D eigenvalue weighted by Crippen LogP contribution is 2.19. The van der Waals surface area contributed by atoms with Crippen LogP contribution in [0.3, 0.4) is 0 Å². The number of nitrogens with zero attached hydrogens (tertiary/aromatic N) is 3. The quantitative estimate of drug-likeness (QED) is 0.772. The van der Waals surface area contributed by atoms with Gasteiger partial charge in [0.2, 0.25) is 0 Å². The molecule has 5 nitrogen and oxygen atoms in total. The average Bonchev–Trinajstić information content (AvgIpc) is 3.13. The Morgan fingerprint density at radius 2 is 2.10 bits per heavy atom. The summed E-state index contributed by atoms with van der Waals surface area (Å²) in [7, 11) is 0. The van der Waals surface area contributed by atoms with Crippen molar-refractivity contribution >= 4 is 5.69 Å². The van der Waals surface area contributed by atoms with E-state index < -0.39 is 0 Å². The van der Waals surface area contributed by atoms with Crippen LogP contribution in [0.1, 0.15) is 24.1 Å². The smallest absolute Gasteiger partial charge is 0.137 e. The molecular weight excluding hydrogens is 252 g/mol. The Morgan fingerprint density at radius 3 is 2.75 bits per heavy atom. The minimum absolute atomic E-state index is 0.218. The fraction of sp³-hybridized carbons (Fsp3) is 0.200. The molecule has 20 heavy (non-hydrogen) atoms. The maximum Gasteiger partial charge on any atom is 0.137 e. The average molecular weight is 268 g/mol. The molecule has 0 bridgehead atoms. The Balaban J connectivity index is 1.64. The Labute approximate surface area is 117 Å². The lowest BCUT2D eigenvalue weighted by molar-refractivity contribution is 0.562. The van der Waals surface area contributed by atoms with E-state index in [0.29, 0.717) is 0 Å². The minimum atomic E-state index is 0.218. The van der Waals surface area contributed by atoms with Gasteiger partial charge in [-0.2, -0.15) is 5.10 Å². The molecule has 0 fully saturated rings. The van der Waals surface area contributed by atoms with E-state index in [-0.39, 0.29) is 6.04 Å². The van der Waals surface area contributed by atoms with Crippen molar-refractivity contribution in [3.8, 4) is 0 Å².